The molecule has 0 aliphatic rings. The smallest absolute Gasteiger partial charge is 0.326 e. The zero-order valence-electron chi connectivity index (χ0n) is 39.9. The summed E-state index contributed by atoms with van der Waals surface area (Å²) in [6.45, 7) is 0.328. The standard InChI is InChI=1S/C46H78N6O17/c47-30-18-17-19-31(42(60)61)48-37(54)26-23-33(44(64)65)50-39(56)28-25-35(46(68)69)52-40(57)29-24-34(45(66)67)51-38(55)27-22-32(43(62)63)49-36(53)20-15-13-11-9-7-5-3-1-2-4-6-8-10-12-14-16-21-41(58)59/h31-35H,1-30,47H2,(H,48,54)(H,49,53)(H,50,56)(H,51,55)(H,52,57)(H,58,59)(H,60,61)(H,62,63)(H,64,65)(H,66,67)(H,68,69)/t31?,32-,33-,34-,35-/m0/s1. The van der Waals surface area contributed by atoms with Gasteiger partial charge in [0.15, 0.2) is 0 Å². The van der Waals surface area contributed by atoms with Crippen LogP contribution in [0.4, 0.5) is 0 Å². The summed E-state index contributed by atoms with van der Waals surface area (Å²) in [6, 6.07) is -7.53. The molecule has 0 rings (SSSR count). The molecule has 0 aliphatic carbocycles. The van der Waals surface area contributed by atoms with E-state index in [-0.39, 0.29) is 25.7 Å². The van der Waals surface area contributed by atoms with Crippen LogP contribution in [0.25, 0.3) is 0 Å². The highest BCUT2D eigenvalue weighted by atomic mass is 16.4. The van der Waals surface area contributed by atoms with E-state index in [1.54, 1.807) is 0 Å². The van der Waals surface area contributed by atoms with E-state index in [0.717, 1.165) is 57.8 Å². The van der Waals surface area contributed by atoms with Gasteiger partial charge in [0.1, 0.15) is 30.2 Å². The number of aliphatic carboxylic acids is 6. The van der Waals surface area contributed by atoms with Crippen LogP contribution in [0.5, 0.6) is 0 Å². The van der Waals surface area contributed by atoms with E-state index in [4.69, 9.17) is 10.8 Å². The lowest BCUT2D eigenvalue weighted by Gasteiger charge is -2.19. The van der Waals surface area contributed by atoms with Gasteiger partial charge in [-0.05, 0) is 64.3 Å². The number of nitrogens with two attached hydrogens (primary N) is 1. The number of nitrogens with one attached hydrogen (secondary N) is 5. The first kappa shape index (κ1) is 63.1. The predicted molar refractivity (Wildman–Crippen MR) is 248 cm³/mol. The fourth-order valence-corrected chi connectivity index (χ4v) is 7.25. The van der Waals surface area contributed by atoms with E-state index in [1.165, 1.54) is 38.5 Å². The molecule has 0 saturated heterocycles. The second kappa shape index (κ2) is 39.0. The highest BCUT2D eigenvalue weighted by Gasteiger charge is 2.28. The van der Waals surface area contributed by atoms with E-state index in [2.05, 4.69) is 26.6 Å². The number of rotatable bonds is 45. The van der Waals surface area contributed by atoms with Crippen molar-refractivity contribution in [3.05, 3.63) is 0 Å². The third kappa shape index (κ3) is 35.0. The summed E-state index contributed by atoms with van der Waals surface area (Å²) in [5.74, 6) is -12.1. The van der Waals surface area contributed by atoms with Crippen molar-refractivity contribution in [2.24, 2.45) is 5.73 Å². The molecule has 0 bridgehead atoms. The van der Waals surface area contributed by atoms with Crippen molar-refractivity contribution in [2.45, 2.75) is 216 Å². The molecule has 394 valence electrons. The number of hydrogen-bond donors (Lipinski definition) is 12. The van der Waals surface area contributed by atoms with Crippen LogP contribution >= 0.6 is 0 Å². The minimum Gasteiger partial charge on any atom is -0.481 e. The molecule has 23 nitrogen and oxygen atoms in total. The molecular weight excluding hydrogens is 909 g/mol. The summed E-state index contributed by atoms with van der Waals surface area (Å²) in [6.07, 6.45) is 14.2. The number of carboxylic acid groups (broad SMARTS) is 6. The average molecular weight is 987 g/mol. The number of hydrogen-bond acceptors (Lipinski definition) is 12. The number of amides is 5. The van der Waals surface area contributed by atoms with Crippen LogP contribution in [0.3, 0.4) is 0 Å². The van der Waals surface area contributed by atoms with Crippen molar-refractivity contribution in [1.82, 2.24) is 26.6 Å². The fraction of sp³-hybridized carbons (Fsp3) is 0.761. The molecular formula is C46H78N6O17. The molecule has 13 N–H and O–H groups in total. The Balaban J connectivity index is 4.58. The Morgan fingerprint density at radius 3 is 0.725 bits per heavy atom. The van der Waals surface area contributed by atoms with Gasteiger partial charge in [-0.2, -0.15) is 0 Å². The second-order valence-corrected chi connectivity index (χ2v) is 17.3. The molecule has 0 saturated carbocycles. The highest BCUT2D eigenvalue weighted by Crippen LogP contribution is 2.15. The van der Waals surface area contributed by atoms with E-state index in [9.17, 15) is 78.3 Å². The van der Waals surface area contributed by atoms with Crippen molar-refractivity contribution < 1.29 is 83.4 Å². The zero-order chi connectivity index (χ0) is 52.0. The van der Waals surface area contributed by atoms with Crippen LogP contribution in [0.15, 0.2) is 0 Å². The van der Waals surface area contributed by atoms with Gasteiger partial charge in [0.2, 0.25) is 29.5 Å². The Bertz CT molecular complexity index is 1630. The molecule has 0 heterocycles. The Morgan fingerprint density at radius 2 is 0.493 bits per heavy atom. The quantitative estimate of drug-likeness (QED) is 0.0390. The van der Waals surface area contributed by atoms with Crippen molar-refractivity contribution >= 4 is 65.4 Å². The summed E-state index contributed by atoms with van der Waals surface area (Å²) in [4.78, 5) is 132. The molecule has 0 spiro atoms. The minimum absolute atomic E-state index is 0.0972. The fourth-order valence-electron chi connectivity index (χ4n) is 7.25. The molecule has 0 radical (unpaired) electrons. The molecule has 0 aliphatic heterocycles. The SMILES string of the molecule is NCCCCC(NC(=O)CC[C@H](NC(=O)CC[C@H](NC(=O)CC[C@H](NC(=O)CC[C@H](NC(=O)CCCCCCCCCCCCCCCCCCC(=O)O)C(=O)O)C(=O)O)C(=O)O)C(=O)O)C(=O)O. The highest BCUT2D eigenvalue weighted by molar-refractivity contribution is 5.89. The van der Waals surface area contributed by atoms with Gasteiger partial charge in [-0.15, -0.1) is 0 Å². The van der Waals surface area contributed by atoms with E-state index < -0.39 is 141 Å². The van der Waals surface area contributed by atoms with Crippen LogP contribution in [0.2, 0.25) is 0 Å². The van der Waals surface area contributed by atoms with E-state index >= 15 is 0 Å². The van der Waals surface area contributed by atoms with E-state index in [0.29, 0.717) is 25.8 Å². The molecule has 69 heavy (non-hydrogen) atoms. The number of carbonyl (C=O) groups is 11. The Hall–Kier alpha value is -5.87. The maximum Gasteiger partial charge on any atom is 0.326 e. The van der Waals surface area contributed by atoms with Crippen LogP contribution in [0, 0.1) is 0 Å². The Kier molecular flexibility index (Phi) is 35.7. The second-order valence-electron chi connectivity index (χ2n) is 17.3. The van der Waals surface area contributed by atoms with Gasteiger partial charge >= 0.3 is 35.8 Å². The Morgan fingerprint density at radius 1 is 0.275 bits per heavy atom. The molecule has 0 fully saturated rings. The van der Waals surface area contributed by atoms with Crippen molar-refractivity contribution in [2.75, 3.05) is 6.54 Å². The number of unbranched alkanes of at least 4 members (excludes halogenated alkanes) is 16. The van der Waals surface area contributed by atoms with Crippen molar-refractivity contribution in [1.29, 1.82) is 0 Å². The molecule has 0 aromatic carbocycles. The first-order valence-electron chi connectivity index (χ1n) is 24.3. The normalized spacial score (nSPS) is 13.1. The summed E-state index contributed by atoms with van der Waals surface area (Å²) < 4.78 is 0. The van der Waals surface area contributed by atoms with Gasteiger partial charge in [0, 0.05) is 38.5 Å². The lowest BCUT2D eigenvalue weighted by molar-refractivity contribution is -0.144. The summed E-state index contributed by atoms with van der Waals surface area (Å²) >= 11 is 0. The van der Waals surface area contributed by atoms with Crippen molar-refractivity contribution in [3.8, 4) is 0 Å². The number of carboxylic acids is 6. The third-order valence-corrected chi connectivity index (χ3v) is 11.3. The van der Waals surface area contributed by atoms with Gasteiger partial charge in [0.25, 0.3) is 0 Å². The lowest BCUT2D eigenvalue weighted by Crippen LogP contribution is -2.46. The van der Waals surface area contributed by atoms with Gasteiger partial charge in [-0.1, -0.05) is 89.9 Å². The molecule has 5 amide bonds. The average Bonchev–Trinajstić information content (AvgIpc) is 3.27. The predicted octanol–water partition coefficient (Wildman–Crippen LogP) is 3.19. The zero-order valence-corrected chi connectivity index (χ0v) is 39.9. The van der Waals surface area contributed by atoms with Gasteiger partial charge < -0.3 is 63.0 Å². The monoisotopic (exact) mass is 987 g/mol. The number of carbonyl (C=O) groups excluding carboxylic acids is 5. The maximum atomic E-state index is 12.6. The lowest BCUT2D eigenvalue weighted by atomic mass is 10.0. The van der Waals surface area contributed by atoms with Gasteiger partial charge in [0.05, 0.1) is 0 Å². The summed E-state index contributed by atoms with van der Waals surface area (Å²) in [5, 5.41) is 67.5. The summed E-state index contributed by atoms with van der Waals surface area (Å²) in [5.41, 5.74) is 5.40. The Labute approximate surface area is 403 Å². The van der Waals surface area contributed by atoms with Gasteiger partial charge in [-0.25, -0.2) is 24.0 Å². The van der Waals surface area contributed by atoms with Crippen LogP contribution in [0.1, 0.15) is 186 Å². The molecule has 23 heteroatoms. The van der Waals surface area contributed by atoms with E-state index in [1.807, 2.05) is 0 Å². The molecule has 0 aromatic rings. The first-order chi connectivity index (χ1) is 32.8. The molecule has 5 atom stereocenters. The van der Waals surface area contributed by atoms with Crippen LogP contribution < -0.4 is 32.3 Å². The summed E-state index contributed by atoms with van der Waals surface area (Å²) in [7, 11) is 0. The van der Waals surface area contributed by atoms with Crippen molar-refractivity contribution in [3.63, 3.8) is 0 Å². The first-order valence-corrected chi connectivity index (χ1v) is 24.3. The third-order valence-electron chi connectivity index (χ3n) is 11.3. The van der Waals surface area contributed by atoms with Crippen LogP contribution in [-0.2, 0) is 52.7 Å². The molecule has 0 aromatic heterocycles. The van der Waals surface area contributed by atoms with Gasteiger partial charge in [-0.3, -0.25) is 28.8 Å². The largest absolute Gasteiger partial charge is 0.481 e. The van der Waals surface area contributed by atoms with Crippen LogP contribution in [-0.4, -0.2) is 133 Å². The molecule has 1 unspecified atom stereocenters. The maximum absolute atomic E-state index is 12.6. The minimum atomic E-state index is -1.67. The topological polar surface area (TPSA) is 395 Å².